The van der Waals surface area contributed by atoms with Crippen LogP contribution in [-0.2, 0) is 6.42 Å². The summed E-state index contributed by atoms with van der Waals surface area (Å²) >= 11 is 3.52. The zero-order chi connectivity index (χ0) is 13.5. The van der Waals surface area contributed by atoms with Crippen LogP contribution in [0.1, 0.15) is 32.3 Å². The van der Waals surface area contributed by atoms with Crippen LogP contribution in [0.4, 0.5) is 5.82 Å². The first-order valence-electron chi connectivity index (χ1n) is 6.61. The zero-order valence-corrected chi connectivity index (χ0v) is 13.3. The molecule has 0 amide bonds. The van der Waals surface area contributed by atoms with Gasteiger partial charge in [-0.25, -0.2) is 9.97 Å². The molecule has 0 bridgehead atoms. The molecule has 0 spiro atoms. The van der Waals surface area contributed by atoms with Gasteiger partial charge in [-0.05, 0) is 42.9 Å². The summed E-state index contributed by atoms with van der Waals surface area (Å²) in [4.78, 5) is 11.5. The van der Waals surface area contributed by atoms with Crippen LogP contribution in [0, 0.1) is 6.92 Å². The predicted octanol–water partition coefficient (Wildman–Crippen LogP) is 2.86. The standard InChI is InChI=1S/C13H23BrN4/c1-5-15-13-12(14)10(4)16-11(17-13)8-9-18(6-2)7-3/h5-9H2,1-4H3,(H,15,16,17). The largest absolute Gasteiger partial charge is 0.369 e. The molecular formula is C13H23BrN4. The van der Waals surface area contributed by atoms with Crippen molar-refractivity contribution in [3.63, 3.8) is 0 Å². The maximum Gasteiger partial charge on any atom is 0.144 e. The molecule has 0 fully saturated rings. The van der Waals surface area contributed by atoms with Gasteiger partial charge < -0.3 is 10.2 Å². The van der Waals surface area contributed by atoms with E-state index in [1.54, 1.807) is 0 Å². The number of aryl methyl sites for hydroxylation is 1. The van der Waals surface area contributed by atoms with Gasteiger partial charge in [-0.15, -0.1) is 0 Å². The highest BCUT2D eigenvalue weighted by Crippen LogP contribution is 2.22. The summed E-state index contributed by atoms with van der Waals surface area (Å²) in [5, 5.41) is 3.26. The number of nitrogens with zero attached hydrogens (tertiary/aromatic N) is 3. The van der Waals surface area contributed by atoms with E-state index in [0.29, 0.717) is 0 Å². The number of rotatable bonds is 7. The summed E-state index contributed by atoms with van der Waals surface area (Å²) in [5.41, 5.74) is 0.996. The Balaban J connectivity index is 2.77. The van der Waals surface area contributed by atoms with Gasteiger partial charge >= 0.3 is 0 Å². The van der Waals surface area contributed by atoms with Gasteiger partial charge in [-0.3, -0.25) is 0 Å². The molecule has 0 aliphatic rings. The van der Waals surface area contributed by atoms with Gasteiger partial charge in [-0.2, -0.15) is 0 Å². The van der Waals surface area contributed by atoms with Crippen molar-refractivity contribution >= 4 is 21.7 Å². The van der Waals surface area contributed by atoms with E-state index in [2.05, 4.69) is 56.9 Å². The van der Waals surface area contributed by atoms with Crippen LogP contribution in [-0.4, -0.2) is 41.0 Å². The second-order valence-electron chi connectivity index (χ2n) is 4.20. The van der Waals surface area contributed by atoms with Crippen molar-refractivity contribution in [1.29, 1.82) is 0 Å². The highest BCUT2D eigenvalue weighted by atomic mass is 79.9. The maximum atomic E-state index is 4.57. The Hall–Kier alpha value is -0.680. The van der Waals surface area contributed by atoms with Crippen molar-refractivity contribution in [1.82, 2.24) is 14.9 Å². The van der Waals surface area contributed by atoms with Gasteiger partial charge in [0.1, 0.15) is 11.6 Å². The van der Waals surface area contributed by atoms with Crippen LogP contribution in [0.25, 0.3) is 0 Å². The normalized spacial score (nSPS) is 11.0. The van der Waals surface area contributed by atoms with Crippen molar-refractivity contribution in [3.05, 3.63) is 16.0 Å². The van der Waals surface area contributed by atoms with Crippen molar-refractivity contribution < 1.29 is 0 Å². The van der Waals surface area contributed by atoms with Gasteiger partial charge in [0.15, 0.2) is 0 Å². The summed E-state index contributed by atoms with van der Waals surface area (Å²) in [5.74, 6) is 1.82. The van der Waals surface area contributed by atoms with Gasteiger partial charge in [0.2, 0.25) is 0 Å². The Morgan fingerprint density at radius 1 is 1.17 bits per heavy atom. The molecule has 0 atom stereocenters. The van der Waals surface area contributed by atoms with E-state index in [1.165, 1.54) is 0 Å². The minimum atomic E-state index is 0.866. The van der Waals surface area contributed by atoms with Gasteiger partial charge in [0, 0.05) is 19.5 Å². The molecule has 0 aromatic carbocycles. The predicted molar refractivity (Wildman–Crippen MR) is 80.1 cm³/mol. The van der Waals surface area contributed by atoms with E-state index in [-0.39, 0.29) is 0 Å². The SMILES string of the molecule is CCNc1nc(CCN(CC)CC)nc(C)c1Br. The minimum absolute atomic E-state index is 0.866. The lowest BCUT2D eigenvalue weighted by atomic mass is 10.3. The van der Waals surface area contributed by atoms with Crippen LogP contribution < -0.4 is 5.32 Å². The molecule has 1 heterocycles. The molecule has 102 valence electrons. The Morgan fingerprint density at radius 3 is 2.39 bits per heavy atom. The average Bonchev–Trinajstić information content (AvgIpc) is 2.36. The topological polar surface area (TPSA) is 41.1 Å². The molecule has 1 N–H and O–H groups in total. The summed E-state index contributed by atoms with van der Waals surface area (Å²) < 4.78 is 0.968. The summed E-state index contributed by atoms with van der Waals surface area (Å²) in [6.07, 6.45) is 0.897. The summed E-state index contributed by atoms with van der Waals surface area (Å²) in [6, 6.07) is 0. The molecule has 0 aliphatic carbocycles. The maximum absolute atomic E-state index is 4.57. The average molecular weight is 315 g/mol. The summed E-state index contributed by atoms with van der Waals surface area (Å²) in [7, 11) is 0. The Bertz CT molecular complexity index is 377. The monoisotopic (exact) mass is 314 g/mol. The van der Waals surface area contributed by atoms with Crippen LogP contribution in [0.5, 0.6) is 0 Å². The number of hydrogen-bond acceptors (Lipinski definition) is 4. The fourth-order valence-electron chi connectivity index (χ4n) is 1.81. The van der Waals surface area contributed by atoms with Gasteiger partial charge in [0.05, 0.1) is 10.2 Å². The van der Waals surface area contributed by atoms with Gasteiger partial charge in [0.25, 0.3) is 0 Å². The van der Waals surface area contributed by atoms with E-state index in [1.807, 2.05) is 6.92 Å². The van der Waals surface area contributed by atoms with Crippen molar-refractivity contribution in [2.75, 3.05) is 31.5 Å². The third-order valence-electron chi connectivity index (χ3n) is 2.95. The second kappa shape index (κ2) is 7.69. The van der Waals surface area contributed by atoms with E-state index >= 15 is 0 Å². The number of anilines is 1. The fraction of sp³-hybridized carbons (Fsp3) is 0.692. The fourth-order valence-corrected chi connectivity index (χ4v) is 2.13. The second-order valence-corrected chi connectivity index (χ2v) is 4.99. The van der Waals surface area contributed by atoms with Crippen LogP contribution in [0.2, 0.25) is 0 Å². The number of halogens is 1. The molecule has 0 saturated heterocycles. The highest BCUT2D eigenvalue weighted by Gasteiger charge is 2.09. The van der Waals surface area contributed by atoms with Crippen LogP contribution in [0.3, 0.4) is 0 Å². The first-order valence-corrected chi connectivity index (χ1v) is 7.40. The molecule has 0 saturated carbocycles. The third kappa shape index (κ3) is 4.21. The van der Waals surface area contributed by atoms with Crippen molar-refractivity contribution in [2.24, 2.45) is 0 Å². The molecule has 1 aromatic rings. The van der Waals surface area contributed by atoms with Crippen molar-refractivity contribution in [2.45, 2.75) is 34.1 Å². The minimum Gasteiger partial charge on any atom is -0.369 e. The van der Waals surface area contributed by atoms with Crippen molar-refractivity contribution in [3.8, 4) is 0 Å². The smallest absolute Gasteiger partial charge is 0.144 e. The Labute approximate surface area is 118 Å². The van der Waals surface area contributed by atoms with E-state index in [4.69, 9.17) is 0 Å². The lowest BCUT2D eigenvalue weighted by Crippen LogP contribution is -2.26. The first-order chi connectivity index (χ1) is 8.62. The molecule has 1 rings (SSSR count). The highest BCUT2D eigenvalue weighted by molar-refractivity contribution is 9.10. The quantitative estimate of drug-likeness (QED) is 0.840. The molecule has 0 aliphatic heterocycles. The lowest BCUT2D eigenvalue weighted by molar-refractivity contribution is 0.305. The zero-order valence-electron chi connectivity index (χ0n) is 11.8. The number of likely N-dealkylation sites (N-methyl/N-ethyl adjacent to an activating group) is 1. The van der Waals surface area contributed by atoms with Gasteiger partial charge in [-0.1, -0.05) is 13.8 Å². The molecule has 1 aromatic heterocycles. The Kier molecular flexibility index (Phi) is 6.57. The molecule has 5 heteroatoms. The van der Waals surface area contributed by atoms with Crippen LogP contribution in [0.15, 0.2) is 4.47 Å². The first kappa shape index (κ1) is 15.4. The number of hydrogen-bond donors (Lipinski definition) is 1. The number of aromatic nitrogens is 2. The lowest BCUT2D eigenvalue weighted by Gasteiger charge is -2.17. The molecule has 0 unspecified atom stereocenters. The van der Waals surface area contributed by atoms with E-state index in [0.717, 1.165) is 54.4 Å². The molecule has 4 nitrogen and oxygen atoms in total. The summed E-state index contributed by atoms with van der Waals surface area (Å²) in [6.45, 7) is 12.5. The van der Waals surface area contributed by atoms with E-state index < -0.39 is 0 Å². The van der Waals surface area contributed by atoms with Crippen LogP contribution >= 0.6 is 15.9 Å². The molecule has 18 heavy (non-hydrogen) atoms. The Morgan fingerprint density at radius 2 is 1.83 bits per heavy atom. The third-order valence-corrected chi connectivity index (χ3v) is 3.90. The molecular weight excluding hydrogens is 292 g/mol. The van der Waals surface area contributed by atoms with E-state index in [9.17, 15) is 0 Å². The molecule has 0 radical (unpaired) electrons. The number of nitrogens with one attached hydrogen (secondary N) is 1.